The van der Waals surface area contributed by atoms with E-state index in [-0.39, 0.29) is 30.2 Å². The van der Waals surface area contributed by atoms with Crippen molar-refractivity contribution in [1.29, 1.82) is 5.41 Å². The van der Waals surface area contributed by atoms with Gasteiger partial charge >= 0.3 is 6.01 Å². The smallest absolute Gasteiger partial charge is 0.302 e. The van der Waals surface area contributed by atoms with Crippen LogP contribution in [0.4, 0.5) is 10.4 Å². The van der Waals surface area contributed by atoms with Crippen LogP contribution in [0.5, 0.6) is 0 Å². The van der Waals surface area contributed by atoms with Gasteiger partial charge in [0.05, 0.1) is 5.57 Å². The number of fused-ring (bicyclic) bond motifs is 1. The molecule has 1 aliphatic heterocycles. The Morgan fingerprint density at radius 2 is 2.08 bits per heavy atom. The third-order valence-electron chi connectivity index (χ3n) is 5.89. The van der Waals surface area contributed by atoms with Gasteiger partial charge in [0, 0.05) is 58.4 Å². The lowest BCUT2D eigenvalue weighted by Gasteiger charge is -2.27. The van der Waals surface area contributed by atoms with Crippen LogP contribution in [0.15, 0.2) is 62.8 Å². The summed E-state index contributed by atoms with van der Waals surface area (Å²) >= 11 is 12.6. The van der Waals surface area contributed by atoms with Gasteiger partial charge in [-0.15, -0.1) is 0 Å². The molecule has 1 amide bonds. The molecule has 12 heteroatoms. The lowest BCUT2D eigenvalue weighted by molar-refractivity contribution is -0.117. The van der Waals surface area contributed by atoms with Gasteiger partial charge in [-0.1, -0.05) is 36.2 Å². The zero-order chi connectivity index (χ0) is 27.4. The van der Waals surface area contributed by atoms with Crippen molar-refractivity contribution in [2.24, 2.45) is 4.99 Å². The number of rotatable bonds is 8. The number of hydrogen-bond donors (Lipinski definition) is 5. The quantitative estimate of drug-likeness (QED) is 0.245. The summed E-state index contributed by atoms with van der Waals surface area (Å²) in [7, 11) is 1.71. The minimum absolute atomic E-state index is 0.112. The van der Waals surface area contributed by atoms with Crippen LogP contribution in [0.1, 0.15) is 31.0 Å². The molecule has 9 nitrogen and oxygen atoms in total. The molecule has 2 heterocycles. The summed E-state index contributed by atoms with van der Waals surface area (Å²) in [6.07, 6.45) is 3.22. The van der Waals surface area contributed by atoms with Crippen molar-refractivity contribution >= 4 is 58.4 Å². The molecule has 38 heavy (non-hydrogen) atoms. The molecular formula is C26H26Cl2FN7O2. The molecule has 0 aliphatic carbocycles. The molecular weight excluding hydrogens is 532 g/mol. The highest BCUT2D eigenvalue weighted by Gasteiger charge is 2.31. The molecule has 0 bridgehead atoms. The van der Waals surface area contributed by atoms with Crippen LogP contribution in [0, 0.1) is 11.2 Å². The Morgan fingerprint density at radius 3 is 2.76 bits per heavy atom. The number of carbonyl (C=O) groups excluding carboxylic acids is 1. The average Bonchev–Trinajstić information content (AvgIpc) is 3.28. The largest absolute Gasteiger partial charge is 0.423 e. The summed E-state index contributed by atoms with van der Waals surface area (Å²) in [4.78, 5) is 22.4. The fraction of sp³-hybridized carbons (Fsp3) is 0.231. The van der Waals surface area contributed by atoms with E-state index in [9.17, 15) is 9.18 Å². The standard InChI is InChI=1S/C26H26Cl2FN7O2/c1-4-16-19(29)7-8-20-23(16)38-26(34-20)36-25-33-13(2)21(24(37)32-12-14(10-30)11-31-3)22(35-25)17-6-5-15(27)9-18(17)28/h5-11,22,30-31H,4,12H2,1-3H3,(H,32,37)(H2,33,34,35,36)/b14-11+,30-10?. The van der Waals surface area contributed by atoms with Crippen molar-refractivity contribution in [3.05, 3.63) is 80.4 Å². The molecule has 0 fully saturated rings. The molecule has 1 atom stereocenters. The number of benzene rings is 2. The van der Waals surface area contributed by atoms with E-state index in [0.29, 0.717) is 55.5 Å². The molecule has 4 rings (SSSR count). The number of aromatic nitrogens is 1. The Balaban J connectivity index is 1.69. The number of allylic oxidation sites excluding steroid dienone is 1. The Hall–Kier alpha value is -3.89. The number of nitrogens with one attached hydrogen (secondary N) is 5. The summed E-state index contributed by atoms with van der Waals surface area (Å²) in [5.41, 5.74) is 3.28. The van der Waals surface area contributed by atoms with Crippen molar-refractivity contribution in [2.75, 3.05) is 18.9 Å². The number of carbonyl (C=O) groups is 1. The molecule has 1 unspecified atom stereocenters. The minimum atomic E-state index is -0.798. The van der Waals surface area contributed by atoms with Crippen LogP contribution in [0.25, 0.3) is 11.1 Å². The van der Waals surface area contributed by atoms with E-state index in [1.165, 1.54) is 6.07 Å². The highest BCUT2D eigenvalue weighted by Crippen LogP contribution is 2.36. The topological polar surface area (TPSA) is 127 Å². The van der Waals surface area contributed by atoms with Crippen LogP contribution in [0.3, 0.4) is 0 Å². The third kappa shape index (κ3) is 5.66. The molecule has 0 saturated heterocycles. The van der Waals surface area contributed by atoms with Gasteiger partial charge in [-0.05, 0) is 37.6 Å². The maximum atomic E-state index is 14.2. The third-order valence-corrected chi connectivity index (χ3v) is 6.46. The second kappa shape index (κ2) is 11.7. The maximum Gasteiger partial charge on any atom is 0.302 e. The van der Waals surface area contributed by atoms with Gasteiger partial charge in [-0.2, -0.15) is 4.98 Å². The fourth-order valence-corrected chi connectivity index (χ4v) is 4.61. The summed E-state index contributed by atoms with van der Waals surface area (Å²) < 4.78 is 20.0. The number of oxazole rings is 1. The van der Waals surface area contributed by atoms with Crippen LogP contribution in [-0.4, -0.2) is 36.7 Å². The molecule has 1 aromatic heterocycles. The minimum Gasteiger partial charge on any atom is -0.423 e. The predicted molar refractivity (Wildman–Crippen MR) is 148 cm³/mol. The summed E-state index contributed by atoms with van der Waals surface area (Å²) in [6.45, 7) is 3.70. The van der Waals surface area contributed by atoms with Gasteiger partial charge in [0.25, 0.3) is 5.91 Å². The summed E-state index contributed by atoms with van der Waals surface area (Å²) in [5, 5.41) is 20.0. The predicted octanol–water partition coefficient (Wildman–Crippen LogP) is 5.09. The molecule has 2 aromatic carbocycles. The summed E-state index contributed by atoms with van der Waals surface area (Å²) in [5.74, 6) is -0.489. The number of nitrogens with zero attached hydrogens (tertiary/aromatic N) is 2. The first-order valence-corrected chi connectivity index (χ1v) is 12.5. The van der Waals surface area contributed by atoms with Gasteiger partial charge in [0.2, 0.25) is 5.96 Å². The Kier molecular flexibility index (Phi) is 8.33. The zero-order valence-corrected chi connectivity index (χ0v) is 22.4. The maximum absolute atomic E-state index is 14.2. The normalized spacial score (nSPS) is 15.7. The van der Waals surface area contributed by atoms with Gasteiger partial charge in [0.15, 0.2) is 5.58 Å². The van der Waals surface area contributed by atoms with E-state index in [2.05, 4.69) is 26.3 Å². The first-order chi connectivity index (χ1) is 18.2. The number of guanidine groups is 1. The van der Waals surface area contributed by atoms with E-state index in [4.69, 9.17) is 38.0 Å². The van der Waals surface area contributed by atoms with Crippen molar-refractivity contribution in [2.45, 2.75) is 26.3 Å². The second-order valence-corrected chi connectivity index (χ2v) is 9.26. The molecule has 198 valence electrons. The lowest BCUT2D eigenvalue weighted by atomic mass is 9.95. The van der Waals surface area contributed by atoms with Crippen LogP contribution < -0.4 is 21.3 Å². The zero-order valence-electron chi connectivity index (χ0n) is 20.9. The van der Waals surface area contributed by atoms with E-state index in [1.807, 2.05) is 6.92 Å². The first-order valence-electron chi connectivity index (χ1n) is 11.8. The highest BCUT2D eigenvalue weighted by atomic mass is 35.5. The van der Waals surface area contributed by atoms with Crippen LogP contribution >= 0.6 is 23.2 Å². The molecule has 0 spiro atoms. The molecule has 3 aromatic rings. The SMILES string of the molecule is CCc1c(F)ccc2nc(NC3=NC(c4ccc(Cl)cc4Cl)C(C(=O)NC/C(C=N)=C/NC)=C(C)N3)oc12. The summed E-state index contributed by atoms with van der Waals surface area (Å²) in [6, 6.07) is 7.18. The van der Waals surface area contributed by atoms with E-state index in [0.717, 1.165) is 6.21 Å². The monoisotopic (exact) mass is 557 g/mol. The van der Waals surface area contributed by atoms with E-state index in [1.54, 1.807) is 44.4 Å². The van der Waals surface area contributed by atoms with Crippen molar-refractivity contribution in [1.82, 2.24) is 20.9 Å². The van der Waals surface area contributed by atoms with Gasteiger partial charge in [-0.3, -0.25) is 10.1 Å². The van der Waals surface area contributed by atoms with Gasteiger partial charge < -0.3 is 25.8 Å². The fourth-order valence-electron chi connectivity index (χ4n) is 4.10. The molecule has 5 N–H and O–H groups in total. The lowest BCUT2D eigenvalue weighted by Crippen LogP contribution is -2.39. The van der Waals surface area contributed by atoms with Gasteiger partial charge in [-0.25, -0.2) is 9.38 Å². The number of amides is 1. The van der Waals surface area contributed by atoms with Crippen LogP contribution in [0.2, 0.25) is 10.0 Å². The van der Waals surface area contributed by atoms with Crippen molar-refractivity contribution in [3.63, 3.8) is 0 Å². The van der Waals surface area contributed by atoms with Crippen LogP contribution in [-0.2, 0) is 11.2 Å². The van der Waals surface area contributed by atoms with E-state index < -0.39 is 6.04 Å². The molecule has 1 aliphatic rings. The van der Waals surface area contributed by atoms with E-state index >= 15 is 0 Å². The number of aliphatic imine (C=N–C) groups is 1. The first kappa shape index (κ1) is 27.2. The number of hydrogen-bond acceptors (Lipinski definition) is 8. The Bertz CT molecular complexity index is 1500. The Labute approximate surface area is 228 Å². The number of halogens is 3. The number of anilines is 1. The Morgan fingerprint density at radius 1 is 1.29 bits per heavy atom. The van der Waals surface area contributed by atoms with Crippen molar-refractivity contribution < 1.29 is 13.6 Å². The number of aryl methyl sites for hydroxylation is 1. The molecule has 0 saturated carbocycles. The highest BCUT2D eigenvalue weighted by molar-refractivity contribution is 6.35. The second-order valence-electron chi connectivity index (χ2n) is 8.42. The van der Waals surface area contributed by atoms with Gasteiger partial charge in [0.1, 0.15) is 17.4 Å². The van der Waals surface area contributed by atoms with Crippen molar-refractivity contribution in [3.8, 4) is 0 Å². The average molecular weight is 558 g/mol. The molecule has 0 radical (unpaired) electrons.